The van der Waals surface area contributed by atoms with Gasteiger partial charge in [-0.25, -0.2) is 0 Å². The lowest BCUT2D eigenvalue weighted by Crippen LogP contribution is -1.90. The summed E-state index contributed by atoms with van der Waals surface area (Å²) in [6.45, 7) is -0.0418. The lowest BCUT2D eigenvalue weighted by molar-refractivity contribution is 0.361. The van der Waals surface area contributed by atoms with E-state index in [9.17, 15) is 0 Å². The molecule has 0 amide bonds. The Morgan fingerprint density at radius 1 is 1.36 bits per heavy atom. The zero-order valence-corrected chi connectivity index (χ0v) is 6.07. The number of rotatable bonds is 3. The molecule has 0 aliphatic carbocycles. The number of aliphatic hydroxyl groups is 1. The van der Waals surface area contributed by atoms with Gasteiger partial charge in [-0.3, -0.25) is 5.43 Å². The van der Waals surface area contributed by atoms with Crippen molar-refractivity contribution in [2.24, 2.45) is 5.10 Å². The smallest absolute Gasteiger partial charge is 0.0801 e. The van der Waals surface area contributed by atoms with Gasteiger partial charge in [0.2, 0.25) is 0 Å². The Morgan fingerprint density at radius 2 is 2.09 bits per heavy atom. The molecule has 0 atom stereocenters. The van der Waals surface area contributed by atoms with Crippen molar-refractivity contribution in [1.82, 2.24) is 0 Å². The van der Waals surface area contributed by atoms with Crippen molar-refractivity contribution in [3.05, 3.63) is 30.3 Å². The molecule has 0 fully saturated rings. The molecule has 0 heterocycles. The summed E-state index contributed by atoms with van der Waals surface area (Å²) in [4.78, 5) is 0. The van der Waals surface area contributed by atoms with Gasteiger partial charge in [0.1, 0.15) is 0 Å². The van der Waals surface area contributed by atoms with Crippen molar-refractivity contribution >= 4 is 11.9 Å². The first-order chi connectivity index (χ1) is 5.43. The summed E-state index contributed by atoms with van der Waals surface area (Å²) in [5, 5.41) is 12.1. The highest BCUT2D eigenvalue weighted by atomic mass is 16.3. The van der Waals surface area contributed by atoms with Gasteiger partial charge in [0.05, 0.1) is 18.5 Å². The van der Waals surface area contributed by atoms with Gasteiger partial charge in [0.15, 0.2) is 0 Å². The van der Waals surface area contributed by atoms with E-state index in [1.165, 1.54) is 6.21 Å². The highest BCUT2D eigenvalue weighted by molar-refractivity contribution is 5.60. The number of hydrazone groups is 1. The molecule has 0 bridgehead atoms. The van der Waals surface area contributed by atoms with Crippen molar-refractivity contribution in [2.45, 2.75) is 0 Å². The largest absolute Gasteiger partial charge is 0.391 e. The summed E-state index contributed by atoms with van der Waals surface area (Å²) in [5.41, 5.74) is 3.67. The average molecular weight is 150 g/mol. The third-order valence-corrected chi connectivity index (χ3v) is 1.14. The molecular weight excluding hydrogens is 140 g/mol. The van der Waals surface area contributed by atoms with Crippen LogP contribution in [0.5, 0.6) is 0 Å². The molecule has 0 aliphatic heterocycles. The minimum absolute atomic E-state index is 0.0418. The van der Waals surface area contributed by atoms with Crippen LogP contribution >= 0.6 is 0 Å². The first kappa shape index (κ1) is 7.75. The highest BCUT2D eigenvalue weighted by Gasteiger charge is 1.82. The molecule has 3 nitrogen and oxygen atoms in total. The van der Waals surface area contributed by atoms with E-state index >= 15 is 0 Å². The van der Waals surface area contributed by atoms with Gasteiger partial charge in [-0.1, -0.05) is 18.2 Å². The van der Waals surface area contributed by atoms with Gasteiger partial charge in [0, 0.05) is 0 Å². The molecule has 1 aromatic carbocycles. The lowest BCUT2D eigenvalue weighted by Gasteiger charge is -1.96. The fourth-order valence-corrected chi connectivity index (χ4v) is 0.674. The Kier molecular flexibility index (Phi) is 3.15. The summed E-state index contributed by atoms with van der Waals surface area (Å²) in [6, 6.07) is 9.55. The summed E-state index contributed by atoms with van der Waals surface area (Å²) in [5.74, 6) is 0. The fraction of sp³-hybridized carbons (Fsp3) is 0.125. The molecular formula is C8H10N2O. The van der Waals surface area contributed by atoms with Gasteiger partial charge in [0.25, 0.3) is 0 Å². The molecule has 0 saturated heterocycles. The van der Waals surface area contributed by atoms with Crippen LogP contribution in [0.2, 0.25) is 0 Å². The van der Waals surface area contributed by atoms with E-state index in [1.807, 2.05) is 30.3 Å². The van der Waals surface area contributed by atoms with E-state index < -0.39 is 0 Å². The van der Waals surface area contributed by atoms with Crippen LogP contribution in [-0.2, 0) is 0 Å². The van der Waals surface area contributed by atoms with Crippen LogP contribution in [0.3, 0.4) is 0 Å². The Labute approximate surface area is 65.4 Å². The van der Waals surface area contributed by atoms with E-state index in [0.717, 1.165) is 5.69 Å². The van der Waals surface area contributed by atoms with Crippen molar-refractivity contribution < 1.29 is 5.11 Å². The number of nitrogens with one attached hydrogen (secondary N) is 1. The molecule has 11 heavy (non-hydrogen) atoms. The summed E-state index contributed by atoms with van der Waals surface area (Å²) >= 11 is 0. The molecule has 1 aromatic rings. The molecule has 58 valence electrons. The molecule has 0 aromatic heterocycles. The first-order valence-corrected chi connectivity index (χ1v) is 3.37. The number of anilines is 1. The second-order valence-electron chi connectivity index (χ2n) is 1.97. The van der Waals surface area contributed by atoms with Gasteiger partial charge in [-0.2, -0.15) is 5.10 Å². The van der Waals surface area contributed by atoms with Crippen LogP contribution in [0.4, 0.5) is 5.69 Å². The van der Waals surface area contributed by atoms with E-state index in [-0.39, 0.29) is 6.61 Å². The van der Waals surface area contributed by atoms with Crippen molar-refractivity contribution in [3.63, 3.8) is 0 Å². The first-order valence-electron chi connectivity index (χ1n) is 3.37. The van der Waals surface area contributed by atoms with Gasteiger partial charge >= 0.3 is 0 Å². The van der Waals surface area contributed by atoms with Gasteiger partial charge in [-0.15, -0.1) is 0 Å². The number of hydrogen-bond donors (Lipinski definition) is 2. The van der Waals surface area contributed by atoms with E-state index in [2.05, 4.69) is 10.5 Å². The molecule has 0 aliphatic rings. The lowest BCUT2D eigenvalue weighted by atomic mass is 10.3. The number of hydrogen-bond acceptors (Lipinski definition) is 3. The van der Waals surface area contributed by atoms with Crippen LogP contribution in [0.15, 0.2) is 35.4 Å². The van der Waals surface area contributed by atoms with Crippen LogP contribution in [0.1, 0.15) is 0 Å². The quantitative estimate of drug-likeness (QED) is 0.500. The number of benzene rings is 1. The maximum Gasteiger partial charge on any atom is 0.0801 e. The molecule has 0 unspecified atom stereocenters. The minimum atomic E-state index is -0.0418. The highest BCUT2D eigenvalue weighted by Crippen LogP contribution is 2.03. The maximum atomic E-state index is 8.35. The molecule has 0 radical (unpaired) electrons. The summed E-state index contributed by atoms with van der Waals surface area (Å²) < 4.78 is 0. The molecule has 0 saturated carbocycles. The van der Waals surface area contributed by atoms with E-state index in [0.29, 0.717) is 0 Å². The van der Waals surface area contributed by atoms with Crippen LogP contribution < -0.4 is 5.43 Å². The molecule has 2 N–H and O–H groups in total. The molecule has 3 heteroatoms. The second kappa shape index (κ2) is 4.46. The van der Waals surface area contributed by atoms with E-state index in [1.54, 1.807) is 0 Å². The monoisotopic (exact) mass is 150 g/mol. The Morgan fingerprint density at radius 3 is 2.73 bits per heavy atom. The Hall–Kier alpha value is -1.35. The predicted octanol–water partition coefficient (Wildman–Crippen LogP) is 1.08. The van der Waals surface area contributed by atoms with Gasteiger partial charge in [-0.05, 0) is 12.1 Å². The van der Waals surface area contributed by atoms with E-state index in [4.69, 9.17) is 5.11 Å². The SMILES string of the molecule is OCC=NNc1ccccc1. The standard InChI is InChI=1S/C8H10N2O/c11-7-6-9-10-8-4-2-1-3-5-8/h1-6,10-11H,7H2. The molecule has 1 rings (SSSR count). The van der Waals surface area contributed by atoms with Crippen LogP contribution in [-0.4, -0.2) is 17.9 Å². The third-order valence-electron chi connectivity index (χ3n) is 1.14. The van der Waals surface area contributed by atoms with Crippen LogP contribution in [0.25, 0.3) is 0 Å². The van der Waals surface area contributed by atoms with Crippen molar-refractivity contribution in [1.29, 1.82) is 0 Å². The van der Waals surface area contributed by atoms with Gasteiger partial charge < -0.3 is 5.11 Å². The fourth-order valence-electron chi connectivity index (χ4n) is 0.674. The number of aliphatic hydroxyl groups excluding tert-OH is 1. The topological polar surface area (TPSA) is 44.6 Å². The number of para-hydroxylation sites is 1. The van der Waals surface area contributed by atoms with Crippen molar-refractivity contribution in [2.75, 3.05) is 12.0 Å². The summed E-state index contributed by atoms with van der Waals surface area (Å²) in [7, 11) is 0. The Balaban J connectivity index is 2.45. The van der Waals surface area contributed by atoms with Crippen molar-refractivity contribution in [3.8, 4) is 0 Å². The zero-order valence-electron chi connectivity index (χ0n) is 6.07. The third kappa shape index (κ3) is 2.82. The zero-order chi connectivity index (χ0) is 7.94. The molecule has 0 spiro atoms. The summed E-state index contributed by atoms with van der Waals surface area (Å²) in [6.07, 6.45) is 1.40. The Bertz CT molecular complexity index is 221. The number of nitrogens with zero attached hydrogens (tertiary/aromatic N) is 1. The normalized spacial score (nSPS) is 10.3. The maximum absolute atomic E-state index is 8.35. The van der Waals surface area contributed by atoms with Crippen LogP contribution in [0, 0.1) is 0 Å². The predicted molar refractivity (Wildman–Crippen MR) is 45.6 cm³/mol. The minimum Gasteiger partial charge on any atom is -0.391 e. The second-order valence-corrected chi connectivity index (χ2v) is 1.97. The average Bonchev–Trinajstić information content (AvgIpc) is 2.07.